The van der Waals surface area contributed by atoms with Gasteiger partial charge in [-0.2, -0.15) is 0 Å². The Kier molecular flexibility index (Phi) is 8.20. The first kappa shape index (κ1) is 20.5. The highest BCUT2D eigenvalue weighted by atomic mass is 35.5. The summed E-state index contributed by atoms with van der Waals surface area (Å²) < 4.78 is 5.68. The van der Waals surface area contributed by atoms with Crippen LogP contribution in [0.4, 0.5) is 0 Å². The third kappa shape index (κ3) is 5.61. The average molecular weight is 377 g/mol. The molecule has 1 aliphatic rings. The molecular formula is C21H29ClN2O2. The van der Waals surface area contributed by atoms with Crippen LogP contribution in [0.5, 0.6) is 5.75 Å². The molecule has 0 aliphatic heterocycles. The first-order chi connectivity index (χ1) is 12.2. The summed E-state index contributed by atoms with van der Waals surface area (Å²) in [6, 6.07) is 12.8. The molecule has 0 saturated heterocycles. The van der Waals surface area contributed by atoms with Gasteiger partial charge >= 0.3 is 0 Å². The maximum atomic E-state index is 11.1. The molecule has 0 spiro atoms. The molecule has 1 fully saturated rings. The Morgan fingerprint density at radius 1 is 1.04 bits per heavy atom. The summed E-state index contributed by atoms with van der Waals surface area (Å²) in [7, 11) is 0. The molecule has 142 valence electrons. The number of fused-ring (bicyclic) bond motifs is 1. The van der Waals surface area contributed by atoms with Crippen molar-refractivity contribution in [2.24, 2.45) is 5.73 Å². The van der Waals surface area contributed by atoms with Crippen LogP contribution >= 0.6 is 12.4 Å². The number of benzene rings is 2. The molecule has 3 N–H and O–H groups in total. The molecule has 0 heterocycles. The van der Waals surface area contributed by atoms with E-state index in [-0.39, 0.29) is 19.0 Å². The summed E-state index contributed by atoms with van der Waals surface area (Å²) in [5.41, 5.74) is 6.36. The molecule has 5 heteroatoms. The largest absolute Gasteiger partial charge is 0.483 e. The highest BCUT2D eigenvalue weighted by Crippen LogP contribution is 2.29. The van der Waals surface area contributed by atoms with E-state index in [1.807, 2.05) is 24.3 Å². The van der Waals surface area contributed by atoms with Gasteiger partial charge < -0.3 is 15.8 Å². The first-order valence-electron chi connectivity index (χ1n) is 9.39. The zero-order valence-corrected chi connectivity index (χ0v) is 16.0. The van der Waals surface area contributed by atoms with Gasteiger partial charge in [0, 0.05) is 18.2 Å². The van der Waals surface area contributed by atoms with Crippen molar-refractivity contribution >= 4 is 29.1 Å². The Bertz CT molecular complexity index is 712. The quantitative estimate of drug-likeness (QED) is 0.788. The van der Waals surface area contributed by atoms with Crippen molar-refractivity contribution in [3.05, 3.63) is 42.0 Å². The molecule has 0 bridgehead atoms. The molecule has 0 aromatic heterocycles. The van der Waals surface area contributed by atoms with Crippen LogP contribution in [0.3, 0.4) is 0 Å². The molecule has 1 saturated carbocycles. The zero-order valence-electron chi connectivity index (χ0n) is 15.2. The number of amides is 1. The molecule has 2 aromatic carbocycles. The van der Waals surface area contributed by atoms with E-state index in [2.05, 4.69) is 17.4 Å². The minimum Gasteiger partial charge on any atom is -0.483 e. The first-order valence-corrected chi connectivity index (χ1v) is 9.39. The molecule has 4 nitrogen and oxygen atoms in total. The van der Waals surface area contributed by atoms with E-state index in [4.69, 9.17) is 10.5 Å². The topological polar surface area (TPSA) is 64.4 Å². The van der Waals surface area contributed by atoms with E-state index in [1.165, 1.54) is 55.7 Å². The van der Waals surface area contributed by atoms with Crippen molar-refractivity contribution in [2.75, 3.05) is 6.61 Å². The Hall–Kier alpha value is -1.78. The highest BCUT2D eigenvalue weighted by Gasteiger charge is 2.14. The van der Waals surface area contributed by atoms with E-state index in [0.29, 0.717) is 6.04 Å². The van der Waals surface area contributed by atoms with Gasteiger partial charge in [0.2, 0.25) is 0 Å². The minimum absolute atomic E-state index is 0. The van der Waals surface area contributed by atoms with Crippen LogP contribution in [0, 0.1) is 0 Å². The number of nitrogens with two attached hydrogens (primary N) is 1. The van der Waals surface area contributed by atoms with Crippen molar-refractivity contribution in [3.63, 3.8) is 0 Å². The number of primary amides is 1. The fourth-order valence-electron chi connectivity index (χ4n) is 3.69. The summed E-state index contributed by atoms with van der Waals surface area (Å²) in [4.78, 5) is 11.1. The summed E-state index contributed by atoms with van der Waals surface area (Å²) in [6.45, 7) is 0.662. The molecule has 26 heavy (non-hydrogen) atoms. The van der Waals surface area contributed by atoms with Crippen LogP contribution in [0.2, 0.25) is 0 Å². The summed E-state index contributed by atoms with van der Waals surface area (Å²) in [6.07, 6.45) is 9.15. The smallest absolute Gasteiger partial charge is 0.255 e. The molecule has 0 radical (unpaired) electrons. The average Bonchev–Trinajstić information content (AvgIpc) is 2.59. The second-order valence-corrected chi connectivity index (χ2v) is 6.94. The predicted molar refractivity (Wildman–Crippen MR) is 109 cm³/mol. The SMILES string of the molecule is Cl.NC(=O)COc1ccc2ccccc2c1CNC1CCCCCCC1. The lowest BCUT2D eigenvalue weighted by molar-refractivity contribution is -0.119. The summed E-state index contributed by atoms with van der Waals surface area (Å²) >= 11 is 0. The second-order valence-electron chi connectivity index (χ2n) is 6.94. The van der Waals surface area contributed by atoms with E-state index in [9.17, 15) is 4.79 Å². The lowest BCUT2D eigenvalue weighted by atomic mass is 9.96. The summed E-state index contributed by atoms with van der Waals surface area (Å²) in [5, 5.41) is 6.08. The molecule has 1 aliphatic carbocycles. The second kappa shape index (κ2) is 10.4. The Balaban J connectivity index is 0.00000243. The van der Waals surface area contributed by atoms with Crippen molar-refractivity contribution in [2.45, 2.75) is 57.5 Å². The van der Waals surface area contributed by atoms with Crippen LogP contribution in [-0.2, 0) is 11.3 Å². The number of rotatable bonds is 6. The van der Waals surface area contributed by atoms with Gasteiger partial charge in [-0.1, -0.05) is 62.4 Å². The number of ether oxygens (including phenoxy) is 1. The van der Waals surface area contributed by atoms with Crippen LogP contribution in [-0.4, -0.2) is 18.6 Å². The standard InChI is InChI=1S/C21H28N2O2.ClH/c22-21(24)15-25-20-13-12-16-8-6-7-11-18(16)19(20)14-23-17-9-4-2-1-3-5-10-17;/h6-8,11-13,17,23H,1-5,9-10,14-15H2,(H2,22,24);1H. The van der Waals surface area contributed by atoms with Gasteiger partial charge in [-0.25, -0.2) is 0 Å². The van der Waals surface area contributed by atoms with Gasteiger partial charge in [0.15, 0.2) is 6.61 Å². The molecule has 3 rings (SSSR count). The lowest BCUT2D eigenvalue weighted by Gasteiger charge is -2.22. The number of hydrogen-bond donors (Lipinski definition) is 2. The lowest BCUT2D eigenvalue weighted by Crippen LogP contribution is -2.29. The Morgan fingerprint density at radius 2 is 1.73 bits per heavy atom. The normalized spacial score (nSPS) is 15.7. The van der Waals surface area contributed by atoms with Gasteiger partial charge in [0.05, 0.1) is 0 Å². The van der Waals surface area contributed by atoms with Gasteiger partial charge in [-0.15, -0.1) is 12.4 Å². The Morgan fingerprint density at radius 3 is 2.46 bits per heavy atom. The number of nitrogens with one attached hydrogen (secondary N) is 1. The van der Waals surface area contributed by atoms with Gasteiger partial charge in [-0.05, 0) is 29.7 Å². The van der Waals surface area contributed by atoms with Crippen LogP contribution < -0.4 is 15.8 Å². The number of carbonyl (C=O) groups is 1. The summed E-state index contributed by atoms with van der Waals surface area (Å²) in [5.74, 6) is 0.294. The third-order valence-corrected chi connectivity index (χ3v) is 5.04. The van der Waals surface area contributed by atoms with E-state index in [0.717, 1.165) is 17.9 Å². The fraction of sp³-hybridized carbons (Fsp3) is 0.476. The van der Waals surface area contributed by atoms with Crippen molar-refractivity contribution < 1.29 is 9.53 Å². The van der Waals surface area contributed by atoms with Crippen molar-refractivity contribution in [3.8, 4) is 5.75 Å². The van der Waals surface area contributed by atoms with Crippen LogP contribution in [0.15, 0.2) is 36.4 Å². The molecular weight excluding hydrogens is 348 g/mol. The number of carbonyl (C=O) groups excluding carboxylic acids is 1. The van der Waals surface area contributed by atoms with Gasteiger partial charge in [0.1, 0.15) is 5.75 Å². The number of halogens is 1. The maximum absolute atomic E-state index is 11.1. The Labute approximate surface area is 161 Å². The fourth-order valence-corrected chi connectivity index (χ4v) is 3.69. The van der Waals surface area contributed by atoms with Crippen LogP contribution in [0.1, 0.15) is 50.5 Å². The molecule has 2 aromatic rings. The van der Waals surface area contributed by atoms with Crippen molar-refractivity contribution in [1.82, 2.24) is 5.32 Å². The minimum atomic E-state index is -0.452. The third-order valence-electron chi connectivity index (χ3n) is 5.04. The van der Waals surface area contributed by atoms with Crippen LogP contribution in [0.25, 0.3) is 10.8 Å². The van der Waals surface area contributed by atoms with E-state index >= 15 is 0 Å². The molecule has 0 atom stereocenters. The predicted octanol–water partition coefficient (Wildman–Crippen LogP) is 4.33. The zero-order chi connectivity index (χ0) is 17.5. The highest BCUT2D eigenvalue weighted by molar-refractivity contribution is 5.88. The monoisotopic (exact) mass is 376 g/mol. The van der Waals surface area contributed by atoms with Gasteiger partial charge in [0.25, 0.3) is 5.91 Å². The van der Waals surface area contributed by atoms with E-state index < -0.39 is 5.91 Å². The maximum Gasteiger partial charge on any atom is 0.255 e. The van der Waals surface area contributed by atoms with Gasteiger partial charge in [-0.3, -0.25) is 4.79 Å². The molecule has 0 unspecified atom stereocenters. The number of hydrogen-bond acceptors (Lipinski definition) is 3. The molecule has 1 amide bonds. The van der Waals surface area contributed by atoms with Crippen molar-refractivity contribution in [1.29, 1.82) is 0 Å². The van der Waals surface area contributed by atoms with E-state index in [1.54, 1.807) is 0 Å².